The summed E-state index contributed by atoms with van der Waals surface area (Å²) < 4.78 is 6.93. The Morgan fingerprint density at radius 1 is 0.426 bits per heavy atom. The van der Waals surface area contributed by atoms with Gasteiger partial charge >= 0.3 is 0 Å². The van der Waals surface area contributed by atoms with Crippen LogP contribution < -0.4 is 0 Å². The molecular weight excluding hydrogens is 593 g/mol. The summed E-state index contributed by atoms with van der Waals surface area (Å²) in [6.45, 7) is 0. The molecule has 0 spiro atoms. The Hall–Kier alpha value is -6.04. The molecule has 0 fully saturated rings. The van der Waals surface area contributed by atoms with Crippen LogP contribution in [0.15, 0.2) is 146 Å². The molecule has 0 N–H and O–H groups in total. The van der Waals surface area contributed by atoms with Crippen molar-refractivity contribution in [3.8, 4) is 11.8 Å². The summed E-state index contributed by atoms with van der Waals surface area (Å²) >= 11 is 1.77. The number of para-hydroxylation sites is 2. The van der Waals surface area contributed by atoms with E-state index in [0.29, 0.717) is 5.95 Å². The first-order chi connectivity index (χ1) is 23.3. The smallest absolute Gasteiger partial charge is 0.237 e. The first-order valence-electron chi connectivity index (χ1n) is 15.9. The van der Waals surface area contributed by atoms with E-state index in [9.17, 15) is 0 Å². The van der Waals surface area contributed by atoms with Crippen molar-refractivity contribution in [2.24, 2.45) is 0 Å². The molecule has 4 heterocycles. The lowest BCUT2D eigenvalue weighted by Crippen LogP contribution is -2.06. The average Bonchev–Trinajstić information content (AvgIpc) is 3.79. The molecule has 0 unspecified atom stereocenters. The van der Waals surface area contributed by atoms with Gasteiger partial charge in [-0.2, -0.15) is 4.98 Å². The highest BCUT2D eigenvalue weighted by atomic mass is 32.1. The Morgan fingerprint density at radius 2 is 1.02 bits per heavy atom. The highest BCUT2D eigenvalue weighted by Crippen LogP contribution is 2.43. The second-order valence-corrected chi connectivity index (χ2v) is 13.2. The zero-order valence-electron chi connectivity index (χ0n) is 25.1. The molecule has 0 saturated carbocycles. The molecule has 218 valence electrons. The normalized spacial score (nSPS) is 12.3. The molecular formula is C42H24N4S. The zero-order chi connectivity index (χ0) is 30.6. The van der Waals surface area contributed by atoms with Crippen molar-refractivity contribution < 1.29 is 0 Å². The molecule has 4 aromatic heterocycles. The molecule has 7 aromatic carbocycles. The van der Waals surface area contributed by atoms with Gasteiger partial charge in [-0.15, -0.1) is 11.3 Å². The SMILES string of the molecule is c1ccc2c(c1)ccc1c2c2ccc3ccccc3c2n1-c1nc(-n2c3ccccc3c3ccccc32)c2sc3ccccc3c2n1. The van der Waals surface area contributed by atoms with Gasteiger partial charge in [-0.05, 0) is 40.4 Å². The van der Waals surface area contributed by atoms with Crippen LogP contribution in [0.5, 0.6) is 0 Å². The van der Waals surface area contributed by atoms with E-state index in [2.05, 4.69) is 155 Å². The molecule has 11 aromatic rings. The van der Waals surface area contributed by atoms with Crippen LogP contribution in [0.4, 0.5) is 0 Å². The van der Waals surface area contributed by atoms with Crippen LogP contribution in [0.1, 0.15) is 0 Å². The quantitative estimate of drug-likeness (QED) is 0.194. The van der Waals surface area contributed by atoms with Gasteiger partial charge in [0.25, 0.3) is 0 Å². The second kappa shape index (κ2) is 9.25. The highest BCUT2D eigenvalue weighted by Gasteiger charge is 2.23. The summed E-state index contributed by atoms with van der Waals surface area (Å²) in [5.74, 6) is 1.57. The first-order valence-corrected chi connectivity index (χ1v) is 16.7. The highest BCUT2D eigenvalue weighted by molar-refractivity contribution is 7.26. The fourth-order valence-electron chi connectivity index (χ4n) is 7.72. The molecule has 5 heteroatoms. The van der Waals surface area contributed by atoms with Gasteiger partial charge in [0, 0.05) is 37.0 Å². The van der Waals surface area contributed by atoms with Crippen LogP contribution in [0, 0.1) is 0 Å². The van der Waals surface area contributed by atoms with Crippen molar-refractivity contribution in [1.82, 2.24) is 19.1 Å². The summed E-state index contributed by atoms with van der Waals surface area (Å²) in [4.78, 5) is 11.1. The lowest BCUT2D eigenvalue weighted by Gasteiger charge is -2.13. The van der Waals surface area contributed by atoms with Crippen molar-refractivity contribution in [2.75, 3.05) is 0 Å². The van der Waals surface area contributed by atoms with E-state index in [0.717, 1.165) is 43.5 Å². The Kier molecular flexibility index (Phi) is 4.96. The third-order valence-corrected chi connectivity index (χ3v) is 10.9. The number of hydrogen-bond donors (Lipinski definition) is 0. The van der Waals surface area contributed by atoms with Gasteiger partial charge in [0.05, 0.1) is 32.3 Å². The number of hydrogen-bond acceptors (Lipinski definition) is 3. The molecule has 11 rings (SSSR count). The Morgan fingerprint density at radius 3 is 1.79 bits per heavy atom. The van der Waals surface area contributed by atoms with Gasteiger partial charge in [0.15, 0.2) is 5.82 Å². The molecule has 0 saturated heterocycles. The molecule has 0 aliphatic heterocycles. The summed E-state index contributed by atoms with van der Waals surface area (Å²) in [5.41, 5.74) is 5.47. The van der Waals surface area contributed by atoms with E-state index in [1.165, 1.54) is 47.8 Å². The number of benzene rings is 7. The summed E-state index contributed by atoms with van der Waals surface area (Å²) in [6.07, 6.45) is 0. The van der Waals surface area contributed by atoms with E-state index >= 15 is 0 Å². The molecule has 0 aliphatic rings. The zero-order valence-corrected chi connectivity index (χ0v) is 25.9. The summed E-state index contributed by atoms with van der Waals surface area (Å²) in [6, 6.07) is 52.2. The fourth-order valence-corrected chi connectivity index (χ4v) is 8.84. The van der Waals surface area contributed by atoms with Crippen LogP contribution >= 0.6 is 11.3 Å². The second-order valence-electron chi connectivity index (χ2n) is 12.2. The Bertz CT molecular complexity index is 3030. The lowest BCUT2D eigenvalue weighted by atomic mass is 10.0. The predicted octanol–water partition coefficient (Wildman–Crippen LogP) is 11.3. The molecule has 0 bridgehead atoms. The van der Waals surface area contributed by atoms with Crippen molar-refractivity contribution in [2.45, 2.75) is 0 Å². The van der Waals surface area contributed by atoms with Gasteiger partial charge in [-0.25, -0.2) is 4.98 Å². The van der Waals surface area contributed by atoms with Crippen LogP contribution in [0.2, 0.25) is 0 Å². The van der Waals surface area contributed by atoms with E-state index in [1.54, 1.807) is 11.3 Å². The largest absolute Gasteiger partial charge is 0.292 e. The minimum absolute atomic E-state index is 0.671. The number of nitrogens with zero attached hydrogens (tertiary/aromatic N) is 4. The van der Waals surface area contributed by atoms with Crippen LogP contribution in [0.25, 0.3) is 97.2 Å². The van der Waals surface area contributed by atoms with Crippen molar-refractivity contribution >= 4 is 96.8 Å². The molecule has 4 nitrogen and oxygen atoms in total. The van der Waals surface area contributed by atoms with E-state index in [-0.39, 0.29) is 0 Å². The minimum Gasteiger partial charge on any atom is -0.292 e. The van der Waals surface area contributed by atoms with Crippen LogP contribution in [0.3, 0.4) is 0 Å². The van der Waals surface area contributed by atoms with Gasteiger partial charge in [0.2, 0.25) is 5.95 Å². The van der Waals surface area contributed by atoms with Gasteiger partial charge in [-0.1, -0.05) is 121 Å². The van der Waals surface area contributed by atoms with E-state index < -0.39 is 0 Å². The molecule has 0 aliphatic carbocycles. The monoisotopic (exact) mass is 616 g/mol. The Balaban J connectivity index is 1.38. The van der Waals surface area contributed by atoms with Gasteiger partial charge in [-0.3, -0.25) is 9.13 Å². The molecule has 0 amide bonds. The topological polar surface area (TPSA) is 35.6 Å². The average molecular weight is 617 g/mol. The summed E-state index contributed by atoms with van der Waals surface area (Å²) in [5, 5.41) is 10.8. The van der Waals surface area contributed by atoms with E-state index in [4.69, 9.17) is 9.97 Å². The Labute approximate surface area is 272 Å². The maximum absolute atomic E-state index is 5.59. The number of aromatic nitrogens is 4. The standard InChI is InChI=1S/C42H24N4S/c1-3-13-27-25(11-1)22-24-35-37(27)32-23-21-26-12-2-4-14-28(26)39(32)46(35)42-43-38-31-17-7-10-20-36(31)47-40(38)41(44-42)45-33-18-8-5-15-29(33)30-16-6-9-19-34(30)45/h1-24H. The molecule has 47 heavy (non-hydrogen) atoms. The van der Waals surface area contributed by atoms with Gasteiger partial charge < -0.3 is 0 Å². The third-order valence-electron chi connectivity index (χ3n) is 9.72. The predicted molar refractivity (Wildman–Crippen MR) is 199 cm³/mol. The fraction of sp³-hybridized carbons (Fsp3) is 0. The van der Waals surface area contributed by atoms with Crippen LogP contribution in [-0.2, 0) is 0 Å². The van der Waals surface area contributed by atoms with Crippen molar-refractivity contribution in [3.63, 3.8) is 0 Å². The van der Waals surface area contributed by atoms with Crippen molar-refractivity contribution in [1.29, 1.82) is 0 Å². The maximum atomic E-state index is 5.59. The first kappa shape index (κ1) is 25.2. The van der Waals surface area contributed by atoms with Crippen molar-refractivity contribution in [3.05, 3.63) is 146 Å². The number of rotatable bonds is 2. The molecule has 0 atom stereocenters. The minimum atomic E-state index is 0.671. The van der Waals surface area contributed by atoms with E-state index in [1.807, 2.05) is 0 Å². The number of fused-ring (bicyclic) bond motifs is 13. The van der Waals surface area contributed by atoms with Gasteiger partial charge in [0.1, 0.15) is 0 Å². The summed E-state index contributed by atoms with van der Waals surface area (Å²) in [7, 11) is 0. The van der Waals surface area contributed by atoms with Crippen LogP contribution in [-0.4, -0.2) is 19.1 Å². The maximum Gasteiger partial charge on any atom is 0.237 e. The third kappa shape index (κ3) is 3.36. The lowest BCUT2D eigenvalue weighted by molar-refractivity contribution is 0.978. The number of thiophene rings is 1. The molecule has 0 radical (unpaired) electrons.